The maximum absolute atomic E-state index is 7.17. The van der Waals surface area contributed by atoms with Gasteiger partial charge in [0.1, 0.15) is 0 Å². The fraction of sp³-hybridized carbons (Fsp3) is 0.292. The van der Waals surface area contributed by atoms with Gasteiger partial charge in [0.15, 0.2) is 0 Å². The predicted molar refractivity (Wildman–Crippen MR) is 542 cm³/mol. The number of rotatable bonds is 9. The van der Waals surface area contributed by atoms with Crippen LogP contribution in [0.25, 0.3) is 0 Å². The number of hydrogen-bond donors (Lipinski definition) is 0. The third kappa shape index (κ3) is 17.1. The van der Waals surface area contributed by atoms with E-state index in [1.165, 1.54) is 125 Å². The van der Waals surface area contributed by atoms with E-state index in [0.717, 1.165) is 56.9 Å². The van der Waals surface area contributed by atoms with Gasteiger partial charge in [0.2, 0.25) is 0 Å². The zero-order valence-corrected chi connectivity index (χ0v) is 79.4. The van der Waals surface area contributed by atoms with Gasteiger partial charge < -0.3 is 24.5 Å². The van der Waals surface area contributed by atoms with Crippen molar-refractivity contribution in [3.05, 3.63) is 350 Å². The van der Waals surface area contributed by atoms with Gasteiger partial charge in [-0.3, -0.25) is 0 Å². The highest BCUT2D eigenvalue weighted by Gasteiger charge is 2.49. The van der Waals surface area contributed by atoms with Crippen LogP contribution in [0.15, 0.2) is 291 Å². The summed E-state index contributed by atoms with van der Waals surface area (Å²) in [5, 5.41) is 0.740. The van der Waals surface area contributed by atoms with E-state index in [1.54, 1.807) is 0 Å². The molecule has 0 N–H and O–H groups in total. The lowest BCUT2D eigenvalue weighted by atomic mass is 9.36. The van der Waals surface area contributed by atoms with Crippen LogP contribution >= 0.6 is 34.3 Å². The lowest BCUT2D eigenvalue weighted by Gasteiger charge is -2.44. The minimum Gasteiger partial charge on any atom is -0.311 e. The molecular formula is C113H122B2ClN5S2. The molecule has 5 nitrogen and oxygen atoms in total. The van der Waals surface area contributed by atoms with E-state index in [-0.39, 0.29) is 56.7 Å². The predicted octanol–water partition coefficient (Wildman–Crippen LogP) is 29.4. The monoisotopic (exact) mass is 1670 g/mol. The van der Waals surface area contributed by atoms with Gasteiger partial charge in [-0.2, -0.15) is 22.7 Å². The van der Waals surface area contributed by atoms with Gasteiger partial charge in [-0.1, -0.05) is 348 Å². The number of para-hydroxylation sites is 2. The minimum absolute atomic E-state index is 0.0155. The minimum atomic E-state index is -0.0209. The molecule has 0 saturated carbocycles. The lowest BCUT2D eigenvalue weighted by Crippen LogP contribution is -2.60. The van der Waals surface area contributed by atoms with Crippen LogP contribution in [0.1, 0.15) is 220 Å². The van der Waals surface area contributed by atoms with E-state index < -0.39 is 0 Å². The number of fused-ring (bicyclic) bond motifs is 8. The quantitative estimate of drug-likeness (QED) is 0.134. The van der Waals surface area contributed by atoms with Gasteiger partial charge in [-0.15, -0.1) is 0 Å². The molecule has 0 unspecified atom stereocenters. The summed E-state index contributed by atoms with van der Waals surface area (Å²) in [5.74, 6) is 0. The van der Waals surface area contributed by atoms with Gasteiger partial charge in [0.05, 0.1) is 17.1 Å². The van der Waals surface area contributed by atoms with Crippen molar-refractivity contribution in [1.29, 1.82) is 0 Å². The van der Waals surface area contributed by atoms with Crippen molar-refractivity contribution in [3.8, 4) is 0 Å². The van der Waals surface area contributed by atoms with Crippen molar-refractivity contribution in [2.45, 2.75) is 216 Å². The van der Waals surface area contributed by atoms with Crippen molar-refractivity contribution in [2.24, 2.45) is 0 Å². The molecule has 0 fully saturated rings. The Morgan fingerprint density at radius 2 is 0.512 bits per heavy atom. The first-order valence-electron chi connectivity index (χ1n) is 44.2. The number of nitrogens with zero attached hydrogens (tertiary/aromatic N) is 5. The number of benzene rings is 12. The Morgan fingerprint density at radius 3 is 0.789 bits per heavy atom. The fourth-order valence-electron chi connectivity index (χ4n) is 17.8. The Balaban J connectivity index is 0.000000161. The average molecular weight is 1670 g/mol. The van der Waals surface area contributed by atoms with Gasteiger partial charge in [-0.25, -0.2) is 0 Å². The van der Waals surface area contributed by atoms with Gasteiger partial charge in [0, 0.05) is 92.6 Å². The molecule has 14 aromatic rings. The summed E-state index contributed by atoms with van der Waals surface area (Å²) in [6.45, 7) is 55.6. The van der Waals surface area contributed by atoms with E-state index in [2.05, 4.69) is 482 Å². The molecule has 0 amide bonds. The maximum Gasteiger partial charge on any atom is 0.264 e. The number of anilines is 15. The summed E-state index contributed by atoms with van der Waals surface area (Å²) in [7, 11) is 0. The Labute approximate surface area is 749 Å². The Morgan fingerprint density at radius 1 is 0.252 bits per heavy atom. The molecule has 0 radical (unpaired) electrons. The van der Waals surface area contributed by atoms with Crippen LogP contribution in [0, 0.1) is 0 Å². The zero-order valence-electron chi connectivity index (χ0n) is 77.0. The Kier molecular flexibility index (Phi) is 22.5. The second-order valence-corrected chi connectivity index (χ2v) is 45.2. The molecule has 0 spiro atoms. The first-order valence-corrected chi connectivity index (χ1v) is 46.2. The summed E-state index contributed by atoms with van der Waals surface area (Å²) < 4.78 is 2.81. The molecule has 0 bridgehead atoms. The van der Waals surface area contributed by atoms with E-state index in [0.29, 0.717) is 0 Å². The summed E-state index contributed by atoms with van der Waals surface area (Å²) in [6, 6.07) is 109. The Bertz CT molecular complexity index is 6100. The summed E-state index contributed by atoms with van der Waals surface area (Å²) in [5.41, 5.74) is 34.1. The fourth-order valence-corrected chi connectivity index (χ4v) is 20.7. The van der Waals surface area contributed by atoms with Crippen molar-refractivity contribution < 1.29 is 0 Å². The van der Waals surface area contributed by atoms with Gasteiger partial charge >= 0.3 is 0 Å². The largest absolute Gasteiger partial charge is 0.311 e. The molecule has 12 aromatic carbocycles. The van der Waals surface area contributed by atoms with Crippen LogP contribution in [0.5, 0.6) is 0 Å². The molecule has 10 heteroatoms. The SMILES string of the molecule is CC(C)(C)c1ccc(N2c3ccc(C(C)(C)C)cc3B3c4sc(C(C)(C)C)cc4N(c4ccc(C(C)(C)C)cc4)c4cc(Cl)cc2c43)cc1.CC(C)(C)c1ccc(N2c3ccc(C(C)(C)C)cc3B3c4sc(C(C)(C)C)cc4N(c4ccc(C(C)(C)C)cc4)c4cc(N(c5ccccc5)c5ccccc5)cc2c43)cc1.c1ccc(Cc2ccccc2)cc1. The highest BCUT2D eigenvalue weighted by Crippen LogP contribution is 2.53. The van der Waals surface area contributed by atoms with Crippen molar-refractivity contribution in [1.82, 2.24) is 0 Å². The first-order chi connectivity index (χ1) is 58.0. The van der Waals surface area contributed by atoms with E-state index >= 15 is 0 Å². The highest BCUT2D eigenvalue weighted by molar-refractivity contribution is 7.30. The summed E-state index contributed by atoms with van der Waals surface area (Å²) in [6.07, 6.45) is 1.03. The van der Waals surface area contributed by atoms with Crippen molar-refractivity contribution in [2.75, 3.05) is 24.5 Å². The standard InChI is InChI=1S/C56H60BN3S.C44H50BClN2S.C13H12/c1-53(2,3)37-23-28-42(29-24-37)59-46-32-27-39(55(7,8)9)33-45(46)57-51-47(59)34-44(58(40-19-15-13-16-20-40)41-21-17-14-18-22-41)35-48(51)60(43-30-25-38(26-31-43)54(4,5)6)49-36-50(56(10,11)12)61-52(49)57;1-41(2,3)27-13-18-31(19-14-27)47-34-22-17-29(43(7,8)9)23-33(34)45-39-35(47)24-30(46)25-36(39)48(32-20-15-28(16-21-32)42(4,5)6)37-26-38(44(10,11)12)49-40(37)45;1-3-7-12(8-4-1)11-13-9-5-2-6-10-13/h13-36H,1-12H3;13-26H,1-12H3;1-10H,11H2. The first kappa shape index (κ1) is 86.0. The highest BCUT2D eigenvalue weighted by atomic mass is 35.5. The third-order valence-corrected chi connectivity index (χ3v) is 28.4. The van der Waals surface area contributed by atoms with Crippen LogP contribution in [-0.2, 0) is 49.7 Å². The topological polar surface area (TPSA) is 16.2 Å². The lowest BCUT2D eigenvalue weighted by molar-refractivity contribution is 0.590. The van der Waals surface area contributed by atoms with Crippen LogP contribution < -0.4 is 55.9 Å². The second kappa shape index (κ2) is 32.2. The number of hydrogen-bond acceptors (Lipinski definition) is 7. The molecule has 18 rings (SSSR count). The Hall–Kier alpha value is -10.5. The molecule has 6 heterocycles. The van der Waals surface area contributed by atoms with Crippen LogP contribution in [-0.4, -0.2) is 13.4 Å². The van der Waals surface area contributed by atoms with E-state index in [9.17, 15) is 0 Å². The molecule has 624 valence electrons. The normalized spacial score (nSPS) is 13.7. The average Bonchev–Trinajstić information content (AvgIpc) is 1.69. The molecule has 0 saturated heterocycles. The molecule has 2 aromatic heterocycles. The van der Waals surface area contributed by atoms with Crippen LogP contribution in [0.2, 0.25) is 5.02 Å². The maximum atomic E-state index is 7.17. The third-order valence-electron chi connectivity index (χ3n) is 25.0. The zero-order chi connectivity index (χ0) is 87.6. The molecule has 0 atom stereocenters. The molecule has 0 aliphatic carbocycles. The second-order valence-electron chi connectivity index (χ2n) is 42.6. The molecule has 4 aliphatic rings. The van der Waals surface area contributed by atoms with Gasteiger partial charge in [0.25, 0.3) is 13.4 Å². The smallest absolute Gasteiger partial charge is 0.264 e. The van der Waals surface area contributed by atoms with Crippen molar-refractivity contribution >= 4 is 164 Å². The van der Waals surface area contributed by atoms with E-state index in [1.807, 2.05) is 22.7 Å². The molecular weight excluding hydrogens is 1550 g/mol. The summed E-state index contributed by atoms with van der Waals surface area (Å²) in [4.78, 5) is 15.3. The number of thiophene rings is 2. The molecule has 123 heavy (non-hydrogen) atoms. The van der Waals surface area contributed by atoms with Gasteiger partial charge in [-0.05, 0) is 237 Å². The van der Waals surface area contributed by atoms with E-state index in [4.69, 9.17) is 11.6 Å². The molecule has 4 aliphatic heterocycles. The van der Waals surface area contributed by atoms with Crippen molar-refractivity contribution in [3.63, 3.8) is 0 Å². The van der Waals surface area contributed by atoms with Crippen LogP contribution in [0.3, 0.4) is 0 Å². The number of halogens is 1. The van der Waals surface area contributed by atoms with Crippen LogP contribution in [0.4, 0.5) is 85.3 Å². The summed E-state index contributed by atoms with van der Waals surface area (Å²) >= 11 is 11.2.